The molecule has 0 aromatic carbocycles. The fourth-order valence-electron chi connectivity index (χ4n) is 2.63. The number of carbonyl (C=O) groups is 2. The van der Waals surface area contributed by atoms with Gasteiger partial charge in [-0.1, -0.05) is 0 Å². The van der Waals surface area contributed by atoms with Crippen molar-refractivity contribution in [2.75, 3.05) is 26.7 Å². The highest BCUT2D eigenvalue weighted by molar-refractivity contribution is 5.78. The van der Waals surface area contributed by atoms with Crippen LogP contribution in [0.25, 0.3) is 0 Å². The SMILES string of the molecule is Cc1occc1CN(C)CC(=O)N1CCC(C(=O)O)CC1. The first-order valence-electron chi connectivity index (χ1n) is 7.19. The lowest BCUT2D eigenvalue weighted by Gasteiger charge is -2.31. The van der Waals surface area contributed by atoms with Crippen molar-refractivity contribution in [3.05, 3.63) is 23.7 Å². The fourth-order valence-corrected chi connectivity index (χ4v) is 2.63. The Morgan fingerprint density at radius 1 is 1.43 bits per heavy atom. The summed E-state index contributed by atoms with van der Waals surface area (Å²) in [6.07, 6.45) is 2.74. The Hall–Kier alpha value is -1.82. The lowest BCUT2D eigenvalue weighted by Crippen LogP contribution is -2.44. The van der Waals surface area contributed by atoms with Crippen molar-refractivity contribution in [3.8, 4) is 0 Å². The maximum absolute atomic E-state index is 12.2. The average Bonchev–Trinajstić information content (AvgIpc) is 2.84. The average molecular weight is 294 g/mol. The van der Waals surface area contributed by atoms with Crippen LogP contribution in [-0.4, -0.2) is 53.5 Å². The molecule has 0 bridgehead atoms. The lowest BCUT2D eigenvalue weighted by atomic mass is 9.97. The third-order valence-corrected chi connectivity index (χ3v) is 4.01. The molecule has 0 atom stereocenters. The van der Waals surface area contributed by atoms with Gasteiger partial charge in [0, 0.05) is 25.2 Å². The van der Waals surface area contributed by atoms with Crippen LogP contribution in [0.5, 0.6) is 0 Å². The molecule has 6 heteroatoms. The van der Waals surface area contributed by atoms with Crippen molar-refractivity contribution in [1.82, 2.24) is 9.80 Å². The van der Waals surface area contributed by atoms with E-state index in [9.17, 15) is 9.59 Å². The third-order valence-electron chi connectivity index (χ3n) is 4.01. The molecule has 1 amide bonds. The van der Waals surface area contributed by atoms with Crippen molar-refractivity contribution in [2.24, 2.45) is 5.92 Å². The van der Waals surface area contributed by atoms with Gasteiger partial charge in [-0.3, -0.25) is 14.5 Å². The number of aryl methyl sites for hydroxylation is 1. The van der Waals surface area contributed by atoms with Crippen LogP contribution in [-0.2, 0) is 16.1 Å². The van der Waals surface area contributed by atoms with E-state index in [2.05, 4.69) is 0 Å². The molecule has 0 spiro atoms. The van der Waals surface area contributed by atoms with Crippen molar-refractivity contribution in [2.45, 2.75) is 26.3 Å². The van der Waals surface area contributed by atoms with E-state index in [1.807, 2.05) is 24.9 Å². The number of hydrogen-bond acceptors (Lipinski definition) is 4. The molecule has 0 radical (unpaired) electrons. The van der Waals surface area contributed by atoms with Crippen LogP contribution in [0.4, 0.5) is 0 Å². The number of carboxylic acid groups (broad SMARTS) is 1. The molecule has 0 saturated carbocycles. The highest BCUT2D eigenvalue weighted by Gasteiger charge is 2.27. The largest absolute Gasteiger partial charge is 0.481 e. The number of nitrogens with zero attached hydrogens (tertiary/aromatic N) is 2. The van der Waals surface area contributed by atoms with Gasteiger partial charge in [0.2, 0.25) is 5.91 Å². The Balaban J connectivity index is 1.79. The summed E-state index contributed by atoms with van der Waals surface area (Å²) in [7, 11) is 1.90. The van der Waals surface area contributed by atoms with Gasteiger partial charge in [0.1, 0.15) is 5.76 Å². The second-order valence-corrected chi connectivity index (χ2v) is 5.67. The van der Waals surface area contributed by atoms with Gasteiger partial charge in [-0.25, -0.2) is 0 Å². The molecule has 1 N–H and O–H groups in total. The van der Waals surface area contributed by atoms with Gasteiger partial charge in [-0.15, -0.1) is 0 Å². The molecule has 2 rings (SSSR count). The van der Waals surface area contributed by atoms with Gasteiger partial charge in [0.05, 0.1) is 18.7 Å². The van der Waals surface area contributed by atoms with Crippen molar-refractivity contribution < 1.29 is 19.1 Å². The normalized spacial score (nSPS) is 16.4. The maximum atomic E-state index is 12.2. The minimum atomic E-state index is -0.755. The third kappa shape index (κ3) is 4.07. The van der Waals surface area contributed by atoms with Gasteiger partial charge in [-0.05, 0) is 32.9 Å². The highest BCUT2D eigenvalue weighted by atomic mass is 16.4. The zero-order valence-electron chi connectivity index (χ0n) is 12.5. The number of furan rings is 1. The van der Waals surface area contributed by atoms with Crippen LogP contribution in [0.3, 0.4) is 0 Å². The number of likely N-dealkylation sites (N-methyl/N-ethyl adjacent to an activating group) is 1. The first-order chi connectivity index (χ1) is 9.97. The molecule has 6 nitrogen and oxygen atoms in total. The van der Waals surface area contributed by atoms with Crippen molar-refractivity contribution >= 4 is 11.9 Å². The summed E-state index contributed by atoms with van der Waals surface area (Å²) in [5.41, 5.74) is 1.08. The molecule has 1 aromatic heterocycles. The molecule has 116 valence electrons. The molecule has 1 saturated heterocycles. The summed E-state index contributed by atoms with van der Waals surface area (Å²) < 4.78 is 5.24. The summed E-state index contributed by atoms with van der Waals surface area (Å²) in [5.74, 6) is -0.130. The van der Waals surface area contributed by atoms with Crippen LogP contribution in [0.1, 0.15) is 24.2 Å². The molecular formula is C15H22N2O4. The topological polar surface area (TPSA) is 74.0 Å². The standard InChI is InChI=1S/C15H22N2O4/c1-11-13(5-8-21-11)9-16(2)10-14(18)17-6-3-12(4-7-17)15(19)20/h5,8,12H,3-4,6-7,9-10H2,1-2H3,(H,19,20). The predicted octanol–water partition coefficient (Wildman–Crippen LogP) is 1.34. The molecule has 1 aromatic rings. The number of hydrogen-bond donors (Lipinski definition) is 1. The first-order valence-corrected chi connectivity index (χ1v) is 7.19. The molecule has 21 heavy (non-hydrogen) atoms. The Morgan fingerprint density at radius 2 is 2.10 bits per heavy atom. The van der Waals surface area contributed by atoms with E-state index in [4.69, 9.17) is 9.52 Å². The Morgan fingerprint density at radius 3 is 2.62 bits per heavy atom. The Bertz CT molecular complexity index is 504. The van der Waals surface area contributed by atoms with E-state index in [0.29, 0.717) is 39.0 Å². The summed E-state index contributed by atoms with van der Waals surface area (Å²) in [6, 6.07) is 1.91. The number of amides is 1. The number of piperidine rings is 1. The molecule has 1 aliphatic rings. The summed E-state index contributed by atoms with van der Waals surface area (Å²) in [5, 5.41) is 8.96. The van der Waals surface area contributed by atoms with E-state index in [1.54, 1.807) is 11.2 Å². The van der Waals surface area contributed by atoms with Crippen molar-refractivity contribution in [3.63, 3.8) is 0 Å². The summed E-state index contributed by atoms with van der Waals surface area (Å²) in [6.45, 7) is 3.98. The zero-order valence-corrected chi connectivity index (χ0v) is 12.5. The number of carboxylic acids is 1. The van der Waals surface area contributed by atoms with E-state index in [0.717, 1.165) is 11.3 Å². The van der Waals surface area contributed by atoms with E-state index >= 15 is 0 Å². The van der Waals surface area contributed by atoms with E-state index < -0.39 is 5.97 Å². The number of carbonyl (C=O) groups excluding carboxylic acids is 1. The second kappa shape index (κ2) is 6.76. The Kier molecular flexibility index (Phi) is 5.01. The number of aliphatic carboxylic acids is 1. The quantitative estimate of drug-likeness (QED) is 0.887. The number of likely N-dealkylation sites (tertiary alicyclic amines) is 1. The molecule has 2 heterocycles. The highest BCUT2D eigenvalue weighted by Crippen LogP contribution is 2.18. The molecule has 1 fully saturated rings. The van der Waals surface area contributed by atoms with Gasteiger partial charge >= 0.3 is 5.97 Å². The molecular weight excluding hydrogens is 272 g/mol. The lowest BCUT2D eigenvalue weighted by molar-refractivity contribution is -0.145. The number of rotatable bonds is 5. The fraction of sp³-hybridized carbons (Fsp3) is 0.600. The van der Waals surface area contributed by atoms with Crippen LogP contribution >= 0.6 is 0 Å². The minimum absolute atomic E-state index is 0.0579. The smallest absolute Gasteiger partial charge is 0.306 e. The second-order valence-electron chi connectivity index (χ2n) is 5.67. The molecule has 0 aliphatic carbocycles. The van der Waals surface area contributed by atoms with Crippen molar-refractivity contribution in [1.29, 1.82) is 0 Å². The maximum Gasteiger partial charge on any atom is 0.306 e. The van der Waals surface area contributed by atoms with Gasteiger partial charge in [0.25, 0.3) is 0 Å². The molecule has 1 aliphatic heterocycles. The van der Waals surface area contributed by atoms with Gasteiger partial charge in [0.15, 0.2) is 0 Å². The van der Waals surface area contributed by atoms with E-state index in [-0.39, 0.29) is 11.8 Å². The van der Waals surface area contributed by atoms with E-state index in [1.165, 1.54) is 0 Å². The van der Waals surface area contributed by atoms with Gasteiger partial charge < -0.3 is 14.4 Å². The van der Waals surface area contributed by atoms with Crippen LogP contribution in [0, 0.1) is 12.8 Å². The minimum Gasteiger partial charge on any atom is -0.481 e. The monoisotopic (exact) mass is 294 g/mol. The van der Waals surface area contributed by atoms with Crippen LogP contribution in [0.15, 0.2) is 16.7 Å². The first kappa shape index (κ1) is 15.6. The van der Waals surface area contributed by atoms with Crippen LogP contribution < -0.4 is 0 Å². The zero-order chi connectivity index (χ0) is 15.4. The Labute approximate surface area is 124 Å². The summed E-state index contributed by atoms with van der Waals surface area (Å²) in [4.78, 5) is 26.8. The predicted molar refractivity (Wildman–Crippen MR) is 76.7 cm³/mol. The molecule has 0 unspecified atom stereocenters. The van der Waals surface area contributed by atoms with Crippen LogP contribution in [0.2, 0.25) is 0 Å². The van der Waals surface area contributed by atoms with Gasteiger partial charge in [-0.2, -0.15) is 0 Å². The summed E-state index contributed by atoms with van der Waals surface area (Å²) >= 11 is 0.